The van der Waals surface area contributed by atoms with Gasteiger partial charge < -0.3 is 19.5 Å². The van der Waals surface area contributed by atoms with Gasteiger partial charge in [-0.05, 0) is 39.8 Å². The van der Waals surface area contributed by atoms with Gasteiger partial charge in [0.05, 0.1) is 17.4 Å². The molecule has 0 aromatic heterocycles. The number of para-hydroxylation sites is 2. The van der Waals surface area contributed by atoms with Crippen molar-refractivity contribution in [3.63, 3.8) is 0 Å². The average molecular weight is 310 g/mol. The van der Waals surface area contributed by atoms with E-state index in [1.807, 2.05) is 45.9 Å². The second-order valence-electron chi connectivity index (χ2n) is 5.95. The molecule has 1 aromatic rings. The number of hydrogen-bond acceptors (Lipinski definition) is 5. The molecule has 0 fully saturated rings. The largest absolute Gasteiger partial charge is 0.444 e. The highest BCUT2D eigenvalue weighted by Crippen LogP contribution is 2.23. The first-order chi connectivity index (χ1) is 10.3. The van der Waals surface area contributed by atoms with E-state index < -0.39 is 18.0 Å². The standard InChI is InChI=1S/C16H26N2O4/c1-11(14(20-5)21-6)17-12-9-7-8-10-13(12)18-15(19)22-16(2,3)4/h7-11,14,17H,1-6H3,(H,18,19). The SMILES string of the molecule is COC(OC)C(C)Nc1ccccc1NC(=O)OC(C)(C)C. The van der Waals surface area contributed by atoms with Crippen LogP contribution in [0.2, 0.25) is 0 Å². The van der Waals surface area contributed by atoms with Gasteiger partial charge in [0.2, 0.25) is 0 Å². The zero-order chi connectivity index (χ0) is 16.8. The van der Waals surface area contributed by atoms with Crippen LogP contribution in [0.3, 0.4) is 0 Å². The van der Waals surface area contributed by atoms with Crippen molar-refractivity contribution in [1.82, 2.24) is 0 Å². The van der Waals surface area contributed by atoms with Gasteiger partial charge in [0.15, 0.2) is 6.29 Å². The molecule has 0 bridgehead atoms. The van der Waals surface area contributed by atoms with Gasteiger partial charge in [0.25, 0.3) is 0 Å². The van der Waals surface area contributed by atoms with E-state index >= 15 is 0 Å². The van der Waals surface area contributed by atoms with Gasteiger partial charge in [-0.15, -0.1) is 0 Å². The van der Waals surface area contributed by atoms with Crippen LogP contribution in [-0.4, -0.2) is 38.2 Å². The van der Waals surface area contributed by atoms with Crippen LogP contribution in [0.15, 0.2) is 24.3 Å². The van der Waals surface area contributed by atoms with Crippen molar-refractivity contribution in [1.29, 1.82) is 0 Å². The maximum Gasteiger partial charge on any atom is 0.412 e. The van der Waals surface area contributed by atoms with Crippen molar-refractivity contribution in [2.45, 2.75) is 45.6 Å². The van der Waals surface area contributed by atoms with E-state index in [-0.39, 0.29) is 6.04 Å². The summed E-state index contributed by atoms with van der Waals surface area (Å²) >= 11 is 0. The third-order valence-corrected chi connectivity index (χ3v) is 2.82. The Hall–Kier alpha value is -1.79. The number of carbonyl (C=O) groups is 1. The molecule has 0 heterocycles. The number of carbonyl (C=O) groups excluding carboxylic acids is 1. The van der Waals surface area contributed by atoms with E-state index in [0.29, 0.717) is 5.69 Å². The predicted molar refractivity (Wildman–Crippen MR) is 87.2 cm³/mol. The Labute approximate surface area is 132 Å². The lowest BCUT2D eigenvalue weighted by Gasteiger charge is -2.25. The normalized spacial score (nSPS) is 12.9. The zero-order valence-electron chi connectivity index (χ0n) is 14.1. The van der Waals surface area contributed by atoms with Gasteiger partial charge in [0.1, 0.15) is 5.60 Å². The molecule has 1 rings (SSSR count). The summed E-state index contributed by atoms with van der Waals surface area (Å²) in [4.78, 5) is 11.9. The molecule has 2 N–H and O–H groups in total. The Balaban J connectivity index is 2.79. The molecule has 0 aliphatic heterocycles. The molecule has 0 radical (unpaired) electrons. The summed E-state index contributed by atoms with van der Waals surface area (Å²) in [5, 5.41) is 6.00. The quantitative estimate of drug-likeness (QED) is 0.788. The number of methoxy groups -OCH3 is 2. The highest BCUT2D eigenvalue weighted by atomic mass is 16.7. The zero-order valence-corrected chi connectivity index (χ0v) is 14.1. The van der Waals surface area contributed by atoms with E-state index in [1.165, 1.54) is 0 Å². The molecule has 1 atom stereocenters. The Bertz CT molecular complexity index is 481. The monoisotopic (exact) mass is 310 g/mol. The van der Waals surface area contributed by atoms with Crippen LogP contribution in [0.1, 0.15) is 27.7 Å². The number of benzene rings is 1. The van der Waals surface area contributed by atoms with Gasteiger partial charge >= 0.3 is 6.09 Å². The molecule has 0 spiro atoms. The summed E-state index contributed by atoms with van der Waals surface area (Å²) in [6.45, 7) is 7.39. The third kappa shape index (κ3) is 5.91. The topological polar surface area (TPSA) is 68.8 Å². The van der Waals surface area contributed by atoms with Gasteiger partial charge in [0, 0.05) is 14.2 Å². The van der Waals surface area contributed by atoms with Crippen LogP contribution in [0.4, 0.5) is 16.2 Å². The van der Waals surface area contributed by atoms with Crippen LogP contribution in [0.5, 0.6) is 0 Å². The first kappa shape index (κ1) is 18.3. The second-order valence-corrected chi connectivity index (χ2v) is 5.95. The summed E-state index contributed by atoms with van der Waals surface area (Å²) < 4.78 is 15.7. The lowest BCUT2D eigenvalue weighted by atomic mass is 10.2. The fourth-order valence-corrected chi connectivity index (χ4v) is 1.95. The molecule has 6 nitrogen and oxygen atoms in total. The molecule has 0 aliphatic rings. The fourth-order valence-electron chi connectivity index (χ4n) is 1.95. The van der Waals surface area contributed by atoms with E-state index in [4.69, 9.17) is 14.2 Å². The molecule has 1 unspecified atom stereocenters. The van der Waals surface area contributed by atoms with Gasteiger partial charge in [-0.25, -0.2) is 4.79 Å². The molecular formula is C16H26N2O4. The van der Waals surface area contributed by atoms with Crippen LogP contribution in [-0.2, 0) is 14.2 Å². The minimum absolute atomic E-state index is 0.100. The van der Waals surface area contributed by atoms with E-state index in [9.17, 15) is 4.79 Å². The lowest BCUT2D eigenvalue weighted by Crippen LogP contribution is -2.34. The minimum atomic E-state index is -0.545. The number of nitrogens with one attached hydrogen (secondary N) is 2. The maximum absolute atomic E-state index is 11.9. The molecule has 0 aliphatic carbocycles. The number of ether oxygens (including phenoxy) is 3. The Kier molecular flexibility index (Phi) is 6.64. The van der Waals surface area contributed by atoms with E-state index in [0.717, 1.165) is 5.69 Å². The average Bonchev–Trinajstić information content (AvgIpc) is 2.40. The molecule has 1 aromatic carbocycles. The van der Waals surface area contributed by atoms with Crippen LogP contribution in [0, 0.1) is 0 Å². The number of amides is 1. The van der Waals surface area contributed by atoms with Gasteiger partial charge in [-0.3, -0.25) is 5.32 Å². The fraction of sp³-hybridized carbons (Fsp3) is 0.562. The van der Waals surface area contributed by atoms with Crippen molar-refractivity contribution in [3.05, 3.63) is 24.3 Å². The molecule has 0 saturated carbocycles. The van der Waals surface area contributed by atoms with E-state index in [2.05, 4.69) is 10.6 Å². The van der Waals surface area contributed by atoms with E-state index in [1.54, 1.807) is 20.3 Å². The van der Waals surface area contributed by atoms with Gasteiger partial charge in [-0.2, -0.15) is 0 Å². The number of rotatable bonds is 6. The molecule has 1 amide bonds. The Morgan fingerprint density at radius 1 is 1.09 bits per heavy atom. The molecule has 22 heavy (non-hydrogen) atoms. The highest BCUT2D eigenvalue weighted by molar-refractivity contribution is 5.89. The predicted octanol–water partition coefficient (Wildman–Crippen LogP) is 3.45. The third-order valence-electron chi connectivity index (χ3n) is 2.82. The lowest BCUT2D eigenvalue weighted by molar-refractivity contribution is -0.109. The van der Waals surface area contributed by atoms with Crippen LogP contribution in [0.25, 0.3) is 0 Å². The number of anilines is 2. The van der Waals surface area contributed by atoms with Crippen LogP contribution >= 0.6 is 0 Å². The van der Waals surface area contributed by atoms with Gasteiger partial charge in [-0.1, -0.05) is 12.1 Å². The van der Waals surface area contributed by atoms with Crippen molar-refractivity contribution < 1.29 is 19.0 Å². The molecule has 124 valence electrons. The van der Waals surface area contributed by atoms with Crippen molar-refractivity contribution in [2.24, 2.45) is 0 Å². The number of hydrogen-bond donors (Lipinski definition) is 2. The summed E-state index contributed by atoms with van der Waals surface area (Å²) in [6.07, 6.45) is -0.890. The minimum Gasteiger partial charge on any atom is -0.444 e. The van der Waals surface area contributed by atoms with Crippen molar-refractivity contribution >= 4 is 17.5 Å². The van der Waals surface area contributed by atoms with Crippen LogP contribution < -0.4 is 10.6 Å². The summed E-state index contributed by atoms with van der Waals surface area (Å²) in [7, 11) is 3.16. The summed E-state index contributed by atoms with van der Waals surface area (Å²) in [5.41, 5.74) is 0.853. The molecular weight excluding hydrogens is 284 g/mol. The van der Waals surface area contributed by atoms with Crippen molar-refractivity contribution in [2.75, 3.05) is 24.9 Å². The molecule has 6 heteroatoms. The summed E-state index contributed by atoms with van der Waals surface area (Å²) in [5.74, 6) is 0. The first-order valence-corrected chi connectivity index (χ1v) is 7.18. The second kappa shape index (κ2) is 8.00. The first-order valence-electron chi connectivity index (χ1n) is 7.18. The maximum atomic E-state index is 11.9. The Morgan fingerprint density at radius 3 is 2.14 bits per heavy atom. The summed E-state index contributed by atoms with van der Waals surface area (Å²) in [6, 6.07) is 7.28. The van der Waals surface area contributed by atoms with Crippen molar-refractivity contribution in [3.8, 4) is 0 Å². The Morgan fingerprint density at radius 2 is 1.64 bits per heavy atom. The highest BCUT2D eigenvalue weighted by Gasteiger charge is 2.19. The molecule has 0 saturated heterocycles. The smallest absolute Gasteiger partial charge is 0.412 e.